The maximum atomic E-state index is 13.1. The van der Waals surface area contributed by atoms with E-state index in [1.807, 2.05) is 0 Å². The van der Waals surface area contributed by atoms with Crippen molar-refractivity contribution >= 4 is 9.84 Å². The lowest BCUT2D eigenvalue weighted by molar-refractivity contribution is 0.323. The lowest BCUT2D eigenvalue weighted by atomic mass is 10.1. The molecule has 0 fully saturated rings. The number of rotatable bonds is 2. The quantitative estimate of drug-likeness (QED) is 0.882. The summed E-state index contributed by atoms with van der Waals surface area (Å²) in [6, 6.07) is 2.90. The molecule has 6 heteroatoms. The summed E-state index contributed by atoms with van der Waals surface area (Å²) in [5, 5.41) is 19.9. The first-order valence-electron chi connectivity index (χ1n) is 7.19. The number of aromatic hydroxyl groups is 2. The molecular weight excluding hydrogens is 316 g/mol. The molecule has 0 aromatic heterocycles. The van der Waals surface area contributed by atoms with Gasteiger partial charge < -0.3 is 14.9 Å². The number of hydrogen-bond donors (Lipinski definition) is 2. The normalized spacial score (nSPS) is 13.2. The molecule has 1 aliphatic heterocycles. The molecule has 0 saturated heterocycles. The standard InChI is InChI=1S/C17H18O5S/c1-8-5-12(6-9(2)14(8)18)23(20,21)17-13-7-22-16(17)11(4)15(19)10(13)3/h5-6,18-19H,7H2,1-4H3. The third-order valence-corrected chi connectivity index (χ3v) is 6.21. The molecular formula is C17H18O5S. The summed E-state index contributed by atoms with van der Waals surface area (Å²) in [6.07, 6.45) is 0. The molecule has 0 aliphatic carbocycles. The molecule has 2 aromatic carbocycles. The van der Waals surface area contributed by atoms with Crippen LogP contribution >= 0.6 is 0 Å². The van der Waals surface area contributed by atoms with E-state index in [-0.39, 0.29) is 33.6 Å². The smallest absolute Gasteiger partial charge is 0.210 e. The van der Waals surface area contributed by atoms with Crippen LogP contribution < -0.4 is 4.74 Å². The highest BCUT2D eigenvalue weighted by Gasteiger charge is 2.35. The molecule has 23 heavy (non-hydrogen) atoms. The number of phenolic OH excluding ortho intramolecular Hbond substituents is 2. The number of benzene rings is 2. The molecule has 0 spiro atoms. The van der Waals surface area contributed by atoms with Gasteiger partial charge in [-0.2, -0.15) is 0 Å². The molecule has 2 N–H and O–H groups in total. The summed E-state index contributed by atoms with van der Waals surface area (Å²) < 4.78 is 31.7. The molecule has 5 nitrogen and oxygen atoms in total. The average molecular weight is 334 g/mol. The second-order valence-electron chi connectivity index (χ2n) is 5.93. The Morgan fingerprint density at radius 3 is 2.09 bits per heavy atom. The Morgan fingerprint density at radius 1 is 0.957 bits per heavy atom. The predicted molar refractivity (Wildman–Crippen MR) is 84.9 cm³/mol. The first-order valence-corrected chi connectivity index (χ1v) is 8.67. The van der Waals surface area contributed by atoms with Gasteiger partial charge in [-0.1, -0.05) is 0 Å². The second-order valence-corrected chi connectivity index (χ2v) is 7.82. The van der Waals surface area contributed by atoms with Gasteiger partial charge in [0.15, 0.2) is 0 Å². The Labute approximate surface area is 135 Å². The molecule has 1 heterocycles. The SMILES string of the molecule is Cc1cc(S(=O)(=O)c2c3c(C)c(O)c(C)c2OC3)cc(C)c1O. The summed E-state index contributed by atoms with van der Waals surface area (Å²) in [7, 11) is -3.81. The third kappa shape index (κ3) is 2.09. The van der Waals surface area contributed by atoms with E-state index in [4.69, 9.17) is 4.74 Å². The van der Waals surface area contributed by atoms with E-state index in [1.165, 1.54) is 12.1 Å². The number of ether oxygens (including phenoxy) is 1. The van der Waals surface area contributed by atoms with Crippen LogP contribution in [-0.4, -0.2) is 18.6 Å². The second kappa shape index (κ2) is 4.89. The van der Waals surface area contributed by atoms with Crippen molar-refractivity contribution in [3.63, 3.8) is 0 Å². The zero-order chi connectivity index (χ0) is 17.1. The fourth-order valence-electron chi connectivity index (χ4n) is 2.97. The number of aryl methyl sites for hydroxylation is 2. The van der Waals surface area contributed by atoms with Gasteiger partial charge in [-0.05, 0) is 56.5 Å². The molecule has 122 valence electrons. The first-order chi connectivity index (χ1) is 10.7. The van der Waals surface area contributed by atoms with Crippen LogP contribution in [0.5, 0.6) is 17.2 Å². The van der Waals surface area contributed by atoms with Gasteiger partial charge in [0.25, 0.3) is 0 Å². The Morgan fingerprint density at radius 2 is 1.52 bits per heavy atom. The summed E-state index contributed by atoms with van der Waals surface area (Å²) >= 11 is 0. The van der Waals surface area contributed by atoms with Gasteiger partial charge in [-0.25, -0.2) is 8.42 Å². The van der Waals surface area contributed by atoms with Crippen LogP contribution in [0.4, 0.5) is 0 Å². The van der Waals surface area contributed by atoms with E-state index >= 15 is 0 Å². The summed E-state index contributed by atoms with van der Waals surface area (Å²) in [6.45, 7) is 6.77. The van der Waals surface area contributed by atoms with Crippen molar-refractivity contribution in [2.75, 3.05) is 0 Å². The molecule has 0 saturated carbocycles. The van der Waals surface area contributed by atoms with Gasteiger partial charge in [-0.15, -0.1) is 0 Å². The fourth-order valence-corrected chi connectivity index (χ4v) is 4.87. The van der Waals surface area contributed by atoms with Gasteiger partial charge in [0.1, 0.15) is 28.8 Å². The van der Waals surface area contributed by atoms with E-state index in [9.17, 15) is 18.6 Å². The minimum Gasteiger partial charge on any atom is -0.507 e. The Balaban J connectivity index is 2.32. The van der Waals surface area contributed by atoms with Crippen molar-refractivity contribution in [1.82, 2.24) is 0 Å². The van der Waals surface area contributed by atoms with Crippen molar-refractivity contribution in [1.29, 1.82) is 0 Å². The van der Waals surface area contributed by atoms with Crippen molar-refractivity contribution in [2.45, 2.75) is 44.1 Å². The van der Waals surface area contributed by atoms with Crippen LogP contribution in [0.25, 0.3) is 0 Å². The highest BCUT2D eigenvalue weighted by Crippen LogP contribution is 2.47. The van der Waals surface area contributed by atoms with Crippen LogP contribution in [0.2, 0.25) is 0 Å². The van der Waals surface area contributed by atoms with Gasteiger partial charge in [0, 0.05) is 11.1 Å². The fraction of sp³-hybridized carbons (Fsp3) is 0.294. The van der Waals surface area contributed by atoms with Gasteiger partial charge in [-0.3, -0.25) is 0 Å². The van der Waals surface area contributed by atoms with Gasteiger partial charge in [0.2, 0.25) is 9.84 Å². The highest BCUT2D eigenvalue weighted by atomic mass is 32.2. The predicted octanol–water partition coefficient (Wildman–Crippen LogP) is 3.06. The van der Waals surface area contributed by atoms with Crippen molar-refractivity contribution in [3.8, 4) is 17.2 Å². The highest BCUT2D eigenvalue weighted by molar-refractivity contribution is 7.91. The molecule has 0 radical (unpaired) electrons. The number of phenols is 2. The molecule has 0 unspecified atom stereocenters. The van der Waals surface area contributed by atoms with Crippen molar-refractivity contribution < 1.29 is 23.4 Å². The summed E-state index contributed by atoms with van der Waals surface area (Å²) in [5.41, 5.74) is 2.44. The van der Waals surface area contributed by atoms with Crippen LogP contribution in [0.3, 0.4) is 0 Å². The minimum atomic E-state index is -3.81. The van der Waals surface area contributed by atoms with E-state index in [1.54, 1.807) is 27.7 Å². The minimum absolute atomic E-state index is 0.0736. The number of fused-ring (bicyclic) bond motifs is 2. The Bertz CT molecular complexity index is 888. The summed E-state index contributed by atoms with van der Waals surface area (Å²) in [4.78, 5) is 0.234. The zero-order valence-electron chi connectivity index (χ0n) is 13.4. The lowest BCUT2D eigenvalue weighted by Gasteiger charge is -2.13. The van der Waals surface area contributed by atoms with Gasteiger partial charge >= 0.3 is 0 Å². The third-order valence-electron chi connectivity index (χ3n) is 4.39. The number of sulfone groups is 1. The lowest BCUT2D eigenvalue weighted by Crippen LogP contribution is -2.06. The Kier molecular flexibility index (Phi) is 3.33. The maximum Gasteiger partial charge on any atom is 0.210 e. The van der Waals surface area contributed by atoms with Crippen LogP contribution in [0, 0.1) is 27.7 Å². The van der Waals surface area contributed by atoms with E-state index in [2.05, 4.69) is 0 Å². The summed E-state index contributed by atoms with van der Waals surface area (Å²) in [5.74, 6) is 0.379. The van der Waals surface area contributed by atoms with Gasteiger partial charge in [0.05, 0.1) is 4.90 Å². The molecule has 3 rings (SSSR count). The van der Waals surface area contributed by atoms with Crippen LogP contribution in [-0.2, 0) is 16.4 Å². The van der Waals surface area contributed by atoms with Crippen LogP contribution in [0.15, 0.2) is 21.9 Å². The molecule has 0 amide bonds. The Hall–Kier alpha value is -2.21. The average Bonchev–Trinajstić information content (AvgIpc) is 2.90. The van der Waals surface area contributed by atoms with Crippen LogP contribution in [0.1, 0.15) is 27.8 Å². The monoisotopic (exact) mass is 334 g/mol. The zero-order valence-corrected chi connectivity index (χ0v) is 14.2. The van der Waals surface area contributed by atoms with E-state index < -0.39 is 9.84 Å². The van der Waals surface area contributed by atoms with E-state index in [0.29, 0.717) is 27.8 Å². The van der Waals surface area contributed by atoms with E-state index in [0.717, 1.165) is 0 Å². The van der Waals surface area contributed by atoms with Crippen molar-refractivity contribution in [3.05, 3.63) is 39.9 Å². The number of hydrogen-bond acceptors (Lipinski definition) is 5. The van der Waals surface area contributed by atoms with Crippen molar-refractivity contribution in [2.24, 2.45) is 0 Å². The molecule has 2 aromatic rings. The molecule has 2 bridgehead atoms. The molecule has 0 atom stereocenters. The molecule has 1 aliphatic rings. The first kappa shape index (κ1) is 15.7. The maximum absolute atomic E-state index is 13.1. The topological polar surface area (TPSA) is 83.8 Å². The largest absolute Gasteiger partial charge is 0.507 e.